The van der Waals surface area contributed by atoms with Gasteiger partial charge in [-0.2, -0.15) is 0 Å². The number of carboxylic acid groups (broad SMARTS) is 1. The standard InChI is InChI=1S/C27H25N3O3S2/c28-22-24(31)30-17-27(26(32)33,13-15-34-20-12-7-14-29-16-20)23(35-25(22)30)21(18-8-3-1-4-9-18)19-10-5-2-6-11-19/h1-16,21-23,25H,17,28H2,(H,32,33)/t22?,23?,25-,27?/m1/s1. The molecule has 3 N–H and O–H groups in total. The highest BCUT2D eigenvalue weighted by Gasteiger charge is 2.61. The molecule has 8 heteroatoms. The molecule has 2 aliphatic rings. The number of β-lactam (4-membered cyclic amide) rings is 1. The molecule has 0 bridgehead atoms. The van der Waals surface area contributed by atoms with Crippen LogP contribution in [0.15, 0.2) is 102 Å². The Kier molecular flexibility index (Phi) is 6.69. The number of fused-ring (bicyclic) bond motifs is 1. The topological polar surface area (TPSA) is 96.5 Å². The van der Waals surface area contributed by atoms with Gasteiger partial charge in [0.05, 0.1) is 0 Å². The van der Waals surface area contributed by atoms with Crippen LogP contribution < -0.4 is 5.73 Å². The zero-order valence-electron chi connectivity index (χ0n) is 18.8. The summed E-state index contributed by atoms with van der Waals surface area (Å²) in [6.07, 6.45) is 5.20. The highest BCUT2D eigenvalue weighted by Crippen LogP contribution is 2.54. The van der Waals surface area contributed by atoms with E-state index in [1.807, 2.05) is 78.2 Å². The van der Waals surface area contributed by atoms with Gasteiger partial charge in [0.2, 0.25) is 5.91 Å². The number of rotatable bonds is 7. The van der Waals surface area contributed by atoms with Crippen molar-refractivity contribution < 1.29 is 14.7 Å². The number of pyridine rings is 1. The average molecular weight is 504 g/mol. The predicted octanol–water partition coefficient (Wildman–Crippen LogP) is 4.20. The molecule has 3 aromatic rings. The van der Waals surface area contributed by atoms with Gasteiger partial charge in [-0.05, 0) is 28.7 Å². The Balaban J connectivity index is 1.61. The summed E-state index contributed by atoms with van der Waals surface area (Å²) in [5.74, 6) is -1.37. The Morgan fingerprint density at radius 3 is 2.34 bits per heavy atom. The number of aliphatic carboxylic acids is 1. The SMILES string of the molecule is NC1C(=O)N2CC(C=CSc3cccnc3)(C(=O)O)C(C(c3ccccc3)c3ccccc3)S[C@H]12. The van der Waals surface area contributed by atoms with Gasteiger partial charge >= 0.3 is 5.97 Å². The Labute approximate surface area is 212 Å². The second-order valence-electron chi connectivity index (χ2n) is 8.69. The Bertz CT molecular complexity index is 1190. The number of carbonyl (C=O) groups excluding carboxylic acids is 1. The van der Waals surface area contributed by atoms with Gasteiger partial charge in [-0.15, -0.1) is 11.8 Å². The summed E-state index contributed by atoms with van der Waals surface area (Å²) in [7, 11) is 0. The number of benzene rings is 2. The lowest BCUT2D eigenvalue weighted by atomic mass is 9.72. The third-order valence-corrected chi connectivity index (χ3v) is 9.23. The van der Waals surface area contributed by atoms with Crippen molar-refractivity contribution in [1.82, 2.24) is 9.88 Å². The normalized spacial score (nSPS) is 25.9. The molecule has 0 spiro atoms. The molecule has 2 saturated heterocycles. The number of aromatic nitrogens is 1. The first kappa shape index (κ1) is 23.7. The lowest BCUT2D eigenvalue weighted by Gasteiger charge is -2.56. The molecule has 2 fully saturated rings. The fourth-order valence-corrected chi connectivity index (χ4v) is 7.44. The maximum Gasteiger partial charge on any atom is 0.316 e. The van der Waals surface area contributed by atoms with Gasteiger partial charge in [0, 0.05) is 35.0 Å². The molecule has 35 heavy (non-hydrogen) atoms. The van der Waals surface area contributed by atoms with Gasteiger partial charge in [0.25, 0.3) is 0 Å². The van der Waals surface area contributed by atoms with Crippen LogP contribution in [0.4, 0.5) is 0 Å². The fourth-order valence-electron chi connectivity index (χ4n) is 4.82. The van der Waals surface area contributed by atoms with E-state index in [1.54, 1.807) is 23.4 Å². The fraction of sp³-hybridized carbons (Fsp3) is 0.222. The molecule has 0 radical (unpaired) electrons. The van der Waals surface area contributed by atoms with E-state index in [0.717, 1.165) is 16.0 Å². The minimum atomic E-state index is -1.32. The van der Waals surface area contributed by atoms with Crippen molar-refractivity contribution in [3.63, 3.8) is 0 Å². The monoisotopic (exact) mass is 503 g/mol. The summed E-state index contributed by atoms with van der Waals surface area (Å²) in [6, 6.07) is 23.1. The zero-order valence-corrected chi connectivity index (χ0v) is 20.4. The van der Waals surface area contributed by atoms with Crippen LogP contribution >= 0.6 is 23.5 Å². The molecule has 3 heterocycles. The smallest absolute Gasteiger partial charge is 0.316 e. The molecule has 1 amide bonds. The molecule has 5 rings (SSSR count). The predicted molar refractivity (Wildman–Crippen MR) is 139 cm³/mol. The van der Waals surface area contributed by atoms with E-state index in [9.17, 15) is 14.7 Å². The van der Waals surface area contributed by atoms with Crippen molar-refractivity contribution in [1.29, 1.82) is 0 Å². The summed E-state index contributed by atoms with van der Waals surface area (Å²) in [5.41, 5.74) is 6.91. The summed E-state index contributed by atoms with van der Waals surface area (Å²) in [5, 5.41) is 11.9. The van der Waals surface area contributed by atoms with E-state index in [0.29, 0.717) is 0 Å². The van der Waals surface area contributed by atoms with E-state index >= 15 is 0 Å². The minimum Gasteiger partial charge on any atom is -0.481 e. The maximum absolute atomic E-state index is 13.1. The van der Waals surface area contributed by atoms with E-state index in [-0.39, 0.29) is 23.7 Å². The van der Waals surface area contributed by atoms with Crippen molar-refractivity contribution in [3.8, 4) is 0 Å². The van der Waals surface area contributed by atoms with Crippen LogP contribution in [-0.2, 0) is 9.59 Å². The Morgan fingerprint density at radius 1 is 1.11 bits per heavy atom. The number of hydrogen-bond donors (Lipinski definition) is 2. The number of nitrogens with two attached hydrogens (primary N) is 1. The van der Waals surface area contributed by atoms with Crippen LogP contribution in [0.25, 0.3) is 0 Å². The van der Waals surface area contributed by atoms with Crippen LogP contribution in [0.1, 0.15) is 17.0 Å². The number of carbonyl (C=O) groups is 2. The van der Waals surface area contributed by atoms with Crippen molar-refractivity contribution in [2.45, 2.75) is 27.5 Å². The van der Waals surface area contributed by atoms with Crippen molar-refractivity contribution >= 4 is 35.4 Å². The zero-order chi connectivity index (χ0) is 24.4. The van der Waals surface area contributed by atoms with Crippen LogP contribution in [0.2, 0.25) is 0 Å². The molecule has 4 atom stereocenters. The number of amides is 1. The molecular weight excluding hydrogens is 478 g/mol. The second-order valence-corrected chi connectivity index (χ2v) is 10.9. The summed E-state index contributed by atoms with van der Waals surface area (Å²) in [6.45, 7) is 0.0808. The number of thioether (sulfide) groups is 2. The van der Waals surface area contributed by atoms with Crippen LogP contribution in [0.5, 0.6) is 0 Å². The van der Waals surface area contributed by atoms with E-state index in [4.69, 9.17) is 5.73 Å². The first-order chi connectivity index (χ1) is 17.0. The first-order valence-electron chi connectivity index (χ1n) is 11.3. The maximum atomic E-state index is 13.1. The summed E-state index contributed by atoms with van der Waals surface area (Å²) in [4.78, 5) is 32.3. The second kappa shape index (κ2) is 9.89. The van der Waals surface area contributed by atoms with Crippen molar-refractivity contribution in [2.75, 3.05) is 6.54 Å². The van der Waals surface area contributed by atoms with E-state index in [2.05, 4.69) is 4.98 Å². The van der Waals surface area contributed by atoms with Gasteiger partial charge in [0.1, 0.15) is 16.8 Å². The molecule has 0 aliphatic carbocycles. The van der Waals surface area contributed by atoms with Crippen molar-refractivity contribution in [3.05, 3.63) is 108 Å². The molecular formula is C27H25N3O3S2. The van der Waals surface area contributed by atoms with Crippen LogP contribution in [0.3, 0.4) is 0 Å². The number of carboxylic acids is 1. The van der Waals surface area contributed by atoms with Crippen LogP contribution in [-0.4, -0.2) is 50.1 Å². The van der Waals surface area contributed by atoms with Gasteiger partial charge in [-0.3, -0.25) is 14.6 Å². The minimum absolute atomic E-state index is 0.0808. The molecule has 6 nitrogen and oxygen atoms in total. The van der Waals surface area contributed by atoms with E-state index < -0.39 is 22.7 Å². The molecule has 0 saturated carbocycles. The molecule has 2 aliphatic heterocycles. The Hall–Kier alpha value is -3.07. The summed E-state index contributed by atoms with van der Waals surface area (Å²) >= 11 is 2.91. The number of nitrogens with zero attached hydrogens (tertiary/aromatic N) is 2. The largest absolute Gasteiger partial charge is 0.481 e. The molecule has 1 aromatic heterocycles. The third kappa shape index (κ3) is 4.37. The van der Waals surface area contributed by atoms with E-state index in [1.165, 1.54) is 23.5 Å². The lowest BCUT2D eigenvalue weighted by molar-refractivity contribution is -0.155. The summed E-state index contributed by atoms with van der Waals surface area (Å²) < 4.78 is 0. The molecule has 178 valence electrons. The van der Waals surface area contributed by atoms with Gasteiger partial charge in [-0.25, -0.2) is 0 Å². The molecule has 2 aromatic carbocycles. The number of hydrogen-bond acceptors (Lipinski definition) is 6. The first-order valence-corrected chi connectivity index (χ1v) is 13.1. The Morgan fingerprint density at radius 2 is 1.77 bits per heavy atom. The highest BCUT2D eigenvalue weighted by atomic mass is 32.2. The quantitative estimate of drug-likeness (QED) is 0.368. The lowest BCUT2D eigenvalue weighted by Crippen LogP contribution is -2.73. The van der Waals surface area contributed by atoms with Crippen LogP contribution in [0, 0.1) is 5.41 Å². The molecule has 3 unspecified atom stereocenters. The third-order valence-electron chi connectivity index (χ3n) is 6.63. The van der Waals surface area contributed by atoms with Gasteiger partial charge in [-0.1, -0.05) is 78.5 Å². The highest BCUT2D eigenvalue weighted by molar-refractivity contribution is 8.02. The van der Waals surface area contributed by atoms with Gasteiger partial charge in [0.15, 0.2) is 0 Å². The average Bonchev–Trinajstić information content (AvgIpc) is 2.90. The van der Waals surface area contributed by atoms with Crippen molar-refractivity contribution in [2.24, 2.45) is 11.1 Å². The van der Waals surface area contributed by atoms with Gasteiger partial charge < -0.3 is 15.7 Å².